The van der Waals surface area contributed by atoms with Crippen LogP contribution in [0.15, 0.2) is 80.1 Å². The Bertz CT molecular complexity index is 2090. The topological polar surface area (TPSA) is 115 Å². The molecule has 0 bridgehead atoms. The number of carbonyl (C=O) groups excluding carboxylic acids is 2. The van der Waals surface area contributed by atoms with E-state index in [2.05, 4.69) is 25.7 Å². The minimum absolute atomic E-state index is 0.122. The molecule has 0 N–H and O–H groups in total. The molecular formula is C35H31BrClFN2O8S. The van der Waals surface area contributed by atoms with Gasteiger partial charge in [0.1, 0.15) is 12.4 Å². The molecule has 4 aromatic rings. The highest BCUT2D eigenvalue weighted by Crippen LogP contribution is 2.37. The summed E-state index contributed by atoms with van der Waals surface area (Å²) < 4.78 is 43.0. The molecule has 3 aromatic carbocycles. The molecule has 14 heteroatoms. The second kappa shape index (κ2) is 15.8. The lowest BCUT2D eigenvalue weighted by molar-refractivity contribution is -0.143. The number of hydrogen-bond acceptors (Lipinski definition) is 10. The van der Waals surface area contributed by atoms with Gasteiger partial charge in [-0.2, -0.15) is 0 Å². The summed E-state index contributed by atoms with van der Waals surface area (Å²) in [4.78, 5) is 44.2. The number of nitrogens with zero attached hydrogens (tertiary/aromatic N) is 2. The lowest BCUT2D eigenvalue weighted by Gasteiger charge is -2.25. The lowest BCUT2D eigenvalue weighted by Crippen LogP contribution is -2.40. The molecule has 1 aromatic heterocycles. The van der Waals surface area contributed by atoms with Crippen molar-refractivity contribution in [2.75, 3.05) is 26.9 Å². The Morgan fingerprint density at radius 2 is 1.80 bits per heavy atom. The van der Waals surface area contributed by atoms with Gasteiger partial charge < -0.3 is 23.7 Å². The second-order valence-corrected chi connectivity index (χ2v) is 12.8. The fraction of sp³-hybridized carbons (Fsp3) is 0.257. The molecule has 49 heavy (non-hydrogen) atoms. The average molecular weight is 774 g/mol. The van der Waals surface area contributed by atoms with Crippen molar-refractivity contribution in [3.8, 4) is 17.2 Å². The number of rotatable bonds is 12. The van der Waals surface area contributed by atoms with Crippen molar-refractivity contribution in [1.82, 2.24) is 4.57 Å². The Kier molecular flexibility index (Phi) is 11.6. The zero-order chi connectivity index (χ0) is 35.2. The van der Waals surface area contributed by atoms with Crippen LogP contribution in [0.5, 0.6) is 17.2 Å². The van der Waals surface area contributed by atoms with E-state index >= 15 is 0 Å². The van der Waals surface area contributed by atoms with Crippen molar-refractivity contribution >= 4 is 56.9 Å². The first-order chi connectivity index (χ1) is 23.5. The highest BCUT2D eigenvalue weighted by Gasteiger charge is 2.34. The molecule has 0 unspecified atom stereocenters. The third kappa shape index (κ3) is 8.06. The number of allylic oxidation sites excluding steroid dienone is 1. The summed E-state index contributed by atoms with van der Waals surface area (Å²) in [5.41, 5.74) is 2.11. The number of hydrogen-bond donors (Lipinski definition) is 0. The first kappa shape index (κ1) is 35.8. The van der Waals surface area contributed by atoms with Crippen LogP contribution >= 0.6 is 38.9 Å². The zero-order valence-corrected chi connectivity index (χ0v) is 30.0. The normalized spacial score (nSPS) is 14.2. The molecule has 0 spiro atoms. The summed E-state index contributed by atoms with van der Waals surface area (Å²) >= 11 is 11.3. The molecule has 5 rings (SSSR count). The van der Waals surface area contributed by atoms with Crippen molar-refractivity contribution in [3.05, 3.63) is 118 Å². The van der Waals surface area contributed by atoms with Crippen LogP contribution in [0.1, 0.15) is 43.5 Å². The Hall–Kier alpha value is -4.46. The molecule has 1 aliphatic rings. The number of fused-ring (bicyclic) bond motifs is 1. The van der Waals surface area contributed by atoms with E-state index in [9.17, 15) is 18.8 Å². The van der Waals surface area contributed by atoms with Gasteiger partial charge in [0.15, 0.2) is 28.7 Å². The minimum atomic E-state index is -0.913. The number of benzene rings is 3. The first-order valence-corrected chi connectivity index (χ1v) is 17.1. The summed E-state index contributed by atoms with van der Waals surface area (Å²) in [6.07, 6.45) is 1.68. The monoisotopic (exact) mass is 772 g/mol. The quantitative estimate of drug-likeness (QED) is 0.164. The van der Waals surface area contributed by atoms with Gasteiger partial charge in [0.05, 0.1) is 51.7 Å². The molecule has 1 aliphatic heterocycles. The molecule has 0 saturated carbocycles. The van der Waals surface area contributed by atoms with E-state index in [1.807, 2.05) is 0 Å². The largest absolute Gasteiger partial charge is 0.490 e. The van der Waals surface area contributed by atoms with Gasteiger partial charge in [0, 0.05) is 0 Å². The Labute approximate surface area is 298 Å². The molecule has 1 atom stereocenters. The van der Waals surface area contributed by atoms with Gasteiger partial charge in [-0.1, -0.05) is 41.1 Å². The fourth-order valence-electron chi connectivity index (χ4n) is 5.07. The number of methoxy groups -OCH3 is 1. The lowest BCUT2D eigenvalue weighted by atomic mass is 9.95. The highest BCUT2D eigenvalue weighted by atomic mass is 79.9. The van der Waals surface area contributed by atoms with Crippen LogP contribution in [0.2, 0.25) is 5.02 Å². The van der Waals surface area contributed by atoms with E-state index in [-0.39, 0.29) is 43.6 Å². The molecule has 10 nitrogen and oxygen atoms in total. The summed E-state index contributed by atoms with van der Waals surface area (Å²) in [5, 5.41) is 0.298. The van der Waals surface area contributed by atoms with Crippen molar-refractivity contribution < 1.29 is 37.7 Å². The van der Waals surface area contributed by atoms with Gasteiger partial charge in [0.25, 0.3) is 5.56 Å². The summed E-state index contributed by atoms with van der Waals surface area (Å²) in [7, 11) is 1.26. The van der Waals surface area contributed by atoms with E-state index in [4.69, 9.17) is 30.5 Å². The molecular weight excluding hydrogens is 743 g/mol. The van der Waals surface area contributed by atoms with E-state index in [0.29, 0.717) is 47.2 Å². The predicted octanol–water partition coefficient (Wildman–Crippen LogP) is 5.88. The maximum atomic E-state index is 14.1. The molecule has 0 saturated heterocycles. The molecule has 0 amide bonds. The number of aromatic nitrogens is 1. The number of ether oxygens (including phenoxy) is 5. The highest BCUT2D eigenvalue weighted by molar-refractivity contribution is 9.10. The number of esters is 2. The number of thiazole rings is 1. The van der Waals surface area contributed by atoms with Crippen molar-refractivity contribution in [3.63, 3.8) is 0 Å². The fourth-order valence-corrected chi connectivity index (χ4v) is 7.11. The second-order valence-electron chi connectivity index (χ2n) is 10.5. The summed E-state index contributed by atoms with van der Waals surface area (Å²) in [5.74, 6) is -0.532. The Morgan fingerprint density at radius 3 is 2.47 bits per heavy atom. The molecule has 0 radical (unpaired) electrons. The van der Waals surface area contributed by atoms with Gasteiger partial charge in [-0.3, -0.25) is 9.36 Å². The Morgan fingerprint density at radius 1 is 1.04 bits per heavy atom. The third-order valence-electron chi connectivity index (χ3n) is 7.29. The first-order valence-electron chi connectivity index (χ1n) is 15.1. The van der Waals surface area contributed by atoms with Crippen LogP contribution in [-0.4, -0.2) is 43.4 Å². The minimum Gasteiger partial charge on any atom is -0.490 e. The standard InChI is InChI=1S/C35H31BrClFN2O8S/c1-5-45-27-16-22(9-12-26(27)47-18-29(41)44-4)31-30(34(43)46-6-2)19(3)39-35-40(31)33(42)28(49-35)15-21-13-24(36)32(25(37)14-21)48-17-20-7-10-23(38)11-8-20/h7-16,31H,5-6,17-18H2,1-4H3/b28-15-/t31-/m0/s1. The van der Waals surface area contributed by atoms with E-state index < -0.39 is 23.5 Å². The van der Waals surface area contributed by atoms with Crippen LogP contribution in [-0.2, 0) is 25.7 Å². The van der Waals surface area contributed by atoms with Crippen LogP contribution in [0.25, 0.3) is 6.08 Å². The average Bonchev–Trinajstić information content (AvgIpc) is 3.37. The van der Waals surface area contributed by atoms with Gasteiger partial charge in [-0.05, 0) is 95.9 Å². The van der Waals surface area contributed by atoms with Crippen LogP contribution in [0, 0.1) is 5.82 Å². The van der Waals surface area contributed by atoms with Crippen LogP contribution in [0.4, 0.5) is 4.39 Å². The van der Waals surface area contributed by atoms with Crippen molar-refractivity contribution in [2.24, 2.45) is 4.99 Å². The van der Waals surface area contributed by atoms with Gasteiger partial charge >= 0.3 is 11.9 Å². The number of halogens is 3. The predicted molar refractivity (Wildman–Crippen MR) is 185 cm³/mol. The molecule has 256 valence electrons. The summed E-state index contributed by atoms with van der Waals surface area (Å²) in [6, 6.07) is 13.4. The van der Waals surface area contributed by atoms with E-state index in [1.54, 1.807) is 69.3 Å². The van der Waals surface area contributed by atoms with Crippen molar-refractivity contribution in [1.29, 1.82) is 0 Å². The third-order valence-corrected chi connectivity index (χ3v) is 9.14. The van der Waals surface area contributed by atoms with Crippen LogP contribution in [0.3, 0.4) is 0 Å². The van der Waals surface area contributed by atoms with Crippen LogP contribution < -0.4 is 29.1 Å². The molecule has 0 fully saturated rings. The van der Waals surface area contributed by atoms with E-state index in [1.165, 1.54) is 23.8 Å². The smallest absolute Gasteiger partial charge is 0.343 e. The molecule has 0 aliphatic carbocycles. The summed E-state index contributed by atoms with van der Waals surface area (Å²) in [6.45, 7) is 5.42. The Balaban J connectivity index is 1.56. The van der Waals surface area contributed by atoms with Crippen molar-refractivity contribution in [2.45, 2.75) is 33.4 Å². The van der Waals surface area contributed by atoms with Gasteiger partial charge in [0.2, 0.25) is 0 Å². The molecule has 2 heterocycles. The SMILES string of the molecule is CCOC(=O)C1=C(C)N=c2s/c(=C\c3cc(Cl)c(OCc4ccc(F)cc4)c(Br)c3)c(=O)n2[C@H]1c1ccc(OCC(=O)OC)c(OCC)c1. The zero-order valence-electron chi connectivity index (χ0n) is 26.9. The maximum absolute atomic E-state index is 14.1. The van der Waals surface area contributed by atoms with Gasteiger partial charge in [-0.15, -0.1) is 0 Å². The van der Waals surface area contributed by atoms with E-state index in [0.717, 1.165) is 16.9 Å². The van der Waals surface area contributed by atoms with Gasteiger partial charge in [-0.25, -0.2) is 19.0 Å². The maximum Gasteiger partial charge on any atom is 0.343 e. The number of carbonyl (C=O) groups is 2.